The SMILES string of the molecule is CCC1CCC(O)(CNC(=O)C2(N)CCCC2)CC1. The maximum atomic E-state index is 12.1. The lowest BCUT2D eigenvalue weighted by molar-refractivity contribution is -0.128. The molecule has 0 aromatic heterocycles. The molecule has 2 saturated carbocycles. The Balaban J connectivity index is 1.80. The van der Waals surface area contributed by atoms with Crippen LogP contribution in [0.25, 0.3) is 0 Å². The maximum Gasteiger partial charge on any atom is 0.240 e. The monoisotopic (exact) mass is 268 g/mol. The Kier molecular flexibility index (Phi) is 4.51. The van der Waals surface area contributed by atoms with Crippen molar-refractivity contribution < 1.29 is 9.90 Å². The van der Waals surface area contributed by atoms with Crippen LogP contribution in [-0.2, 0) is 4.79 Å². The molecule has 0 saturated heterocycles. The van der Waals surface area contributed by atoms with Crippen LogP contribution in [0.3, 0.4) is 0 Å². The number of nitrogens with two attached hydrogens (primary N) is 1. The molecule has 2 fully saturated rings. The molecule has 0 aromatic carbocycles. The molecule has 2 aliphatic rings. The average Bonchev–Trinajstić information content (AvgIpc) is 2.85. The molecule has 0 atom stereocenters. The van der Waals surface area contributed by atoms with Crippen molar-refractivity contribution in [3.63, 3.8) is 0 Å². The smallest absolute Gasteiger partial charge is 0.240 e. The van der Waals surface area contributed by atoms with Crippen molar-refractivity contribution in [3.8, 4) is 0 Å². The number of nitrogens with one attached hydrogen (secondary N) is 1. The van der Waals surface area contributed by atoms with Gasteiger partial charge in [0.05, 0.1) is 11.1 Å². The van der Waals surface area contributed by atoms with Crippen molar-refractivity contribution in [1.82, 2.24) is 5.32 Å². The van der Waals surface area contributed by atoms with Gasteiger partial charge < -0.3 is 16.2 Å². The van der Waals surface area contributed by atoms with Crippen LogP contribution in [0.4, 0.5) is 0 Å². The Bertz CT molecular complexity index is 316. The second-order valence-electron chi connectivity index (χ2n) is 6.62. The van der Waals surface area contributed by atoms with E-state index in [-0.39, 0.29) is 5.91 Å². The van der Waals surface area contributed by atoms with Gasteiger partial charge in [-0.05, 0) is 44.4 Å². The number of carbonyl (C=O) groups is 1. The Morgan fingerprint density at radius 2 is 1.84 bits per heavy atom. The lowest BCUT2D eigenvalue weighted by Crippen LogP contribution is -2.55. The van der Waals surface area contributed by atoms with Crippen molar-refractivity contribution in [2.45, 2.75) is 75.9 Å². The highest BCUT2D eigenvalue weighted by molar-refractivity contribution is 5.86. The fourth-order valence-corrected chi connectivity index (χ4v) is 3.45. The molecular formula is C15H28N2O2. The van der Waals surface area contributed by atoms with Gasteiger partial charge in [-0.25, -0.2) is 0 Å². The highest BCUT2D eigenvalue weighted by Crippen LogP contribution is 2.33. The van der Waals surface area contributed by atoms with Crippen LogP contribution in [0.5, 0.6) is 0 Å². The third-order valence-corrected chi connectivity index (χ3v) is 5.14. The Hall–Kier alpha value is -0.610. The minimum Gasteiger partial charge on any atom is -0.388 e. The second kappa shape index (κ2) is 5.80. The molecule has 0 spiro atoms. The molecule has 0 bridgehead atoms. The van der Waals surface area contributed by atoms with E-state index in [1.165, 1.54) is 6.42 Å². The Labute approximate surface area is 116 Å². The first-order valence-corrected chi connectivity index (χ1v) is 7.77. The third kappa shape index (κ3) is 3.48. The number of amides is 1. The van der Waals surface area contributed by atoms with Crippen molar-refractivity contribution >= 4 is 5.91 Å². The third-order valence-electron chi connectivity index (χ3n) is 5.14. The first-order valence-electron chi connectivity index (χ1n) is 7.77. The summed E-state index contributed by atoms with van der Waals surface area (Å²) in [7, 11) is 0. The summed E-state index contributed by atoms with van der Waals surface area (Å²) in [5.41, 5.74) is 4.72. The van der Waals surface area contributed by atoms with Crippen LogP contribution in [0.15, 0.2) is 0 Å². The maximum absolute atomic E-state index is 12.1. The summed E-state index contributed by atoms with van der Waals surface area (Å²) in [5.74, 6) is 0.669. The van der Waals surface area contributed by atoms with E-state index in [1.807, 2.05) is 0 Å². The topological polar surface area (TPSA) is 75.3 Å². The van der Waals surface area contributed by atoms with Crippen LogP contribution >= 0.6 is 0 Å². The number of hydrogen-bond acceptors (Lipinski definition) is 3. The molecular weight excluding hydrogens is 240 g/mol. The molecule has 4 nitrogen and oxygen atoms in total. The van der Waals surface area contributed by atoms with Gasteiger partial charge >= 0.3 is 0 Å². The predicted octanol–water partition coefficient (Wildman–Crippen LogP) is 1.71. The van der Waals surface area contributed by atoms with Crippen LogP contribution in [0.1, 0.15) is 64.7 Å². The first kappa shape index (κ1) is 14.8. The largest absolute Gasteiger partial charge is 0.388 e. The number of hydrogen-bond donors (Lipinski definition) is 3. The fraction of sp³-hybridized carbons (Fsp3) is 0.933. The fourth-order valence-electron chi connectivity index (χ4n) is 3.45. The van der Waals surface area contributed by atoms with Gasteiger partial charge in [0, 0.05) is 6.54 Å². The van der Waals surface area contributed by atoms with Crippen molar-refractivity contribution in [3.05, 3.63) is 0 Å². The average molecular weight is 268 g/mol. The zero-order valence-corrected chi connectivity index (χ0v) is 12.1. The molecule has 0 aromatic rings. The van der Waals surface area contributed by atoms with Gasteiger partial charge in [-0.1, -0.05) is 26.2 Å². The molecule has 0 heterocycles. The van der Waals surface area contributed by atoms with Gasteiger partial charge in [0.15, 0.2) is 0 Å². The summed E-state index contributed by atoms with van der Waals surface area (Å²) in [6.45, 7) is 2.57. The molecule has 0 unspecified atom stereocenters. The summed E-state index contributed by atoms with van der Waals surface area (Å²) in [6.07, 6.45) is 8.53. The van der Waals surface area contributed by atoms with Crippen molar-refractivity contribution in [2.24, 2.45) is 11.7 Å². The molecule has 4 N–H and O–H groups in total. The van der Waals surface area contributed by atoms with E-state index in [1.54, 1.807) is 0 Å². The lowest BCUT2D eigenvalue weighted by Gasteiger charge is -2.36. The van der Waals surface area contributed by atoms with Crippen molar-refractivity contribution in [2.75, 3.05) is 6.54 Å². The number of carbonyl (C=O) groups excluding carboxylic acids is 1. The lowest BCUT2D eigenvalue weighted by atomic mass is 9.77. The zero-order valence-electron chi connectivity index (χ0n) is 12.1. The van der Waals surface area contributed by atoms with E-state index >= 15 is 0 Å². The van der Waals surface area contributed by atoms with E-state index in [2.05, 4.69) is 12.2 Å². The molecule has 2 aliphatic carbocycles. The van der Waals surface area contributed by atoms with Gasteiger partial charge in [0.25, 0.3) is 0 Å². The minimum atomic E-state index is -0.712. The summed E-state index contributed by atoms with van der Waals surface area (Å²) in [6, 6.07) is 0. The normalized spacial score (nSPS) is 34.2. The van der Waals surface area contributed by atoms with Crippen molar-refractivity contribution in [1.29, 1.82) is 0 Å². The predicted molar refractivity (Wildman–Crippen MR) is 75.6 cm³/mol. The van der Waals surface area contributed by atoms with Gasteiger partial charge in [0.2, 0.25) is 5.91 Å². The molecule has 4 heteroatoms. The number of aliphatic hydroxyl groups is 1. The molecule has 0 aliphatic heterocycles. The quantitative estimate of drug-likeness (QED) is 0.726. The van der Waals surface area contributed by atoms with Gasteiger partial charge in [0.1, 0.15) is 0 Å². The Morgan fingerprint density at radius 1 is 1.26 bits per heavy atom. The molecule has 1 amide bonds. The van der Waals surface area contributed by atoms with Gasteiger partial charge in [-0.3, -0.25) is 4.79 Å². The molecule has 0 radical (unpaired) electrons. The summed E-state index contributed by atoms with van der Waals surface area (Å²) in [5, 5.41) is 13.4. The molecule has 110 valence electrons. The Morgan fingerprint density at radius 3 is 2.37 bits per heavy atom. The summed E-state index contributed by atoms with van der Waals surface area (Å²) < 4.78 is 0. The van der Waals surface area contributed by atoms with Crippen LogP contribution in [-0.4, -0.2) is 28.7 Å². The van der Waals surface area contributed by atoms with E-state index in [0.29, 0.717) is 6.54 Å². The highest BCUT2D eigenvalue weighted by atomic mass is 16.3. The summed E-state index contributed by atoms with van der Waals surface area (Å²) >= 11 is 0. The second-order valence-corrected chi connectivity index (χ2v) is 6.62. The van der Waals surface area contributed by atoms with Crippen LogP contribution in [0.2, 0.25) is 0 Å². The van der Waals surface area contributed by atoms with Crippen LogP contribution in [0, 0.1) is 5.92 Å². The van der Waals surface area contributed by atoms with Gasteiger partial charge in [-0.15, -0.1) is 0 Å². The minimum absolute atomic E-state index is 0.0731. The van der Waals surface area contributed by atoms with E-state index in [4.69, 9.17) is 5.73 Å². The standard InChI is InChI=1S/C15H28N2O2/c1-2-12-5-9-14(19,10-6-12)11-17-13(18)15(16)7-3-4-8-15/h12,19H,2-11,16H2,1H3,(H,17,18). The zero-order chi connectivity index (χ0) is 13.9. The summed E-state index contributed by atoms with van der Waals surface area (Å²) in [4.78, 5) is 12.1. The molecule has 2 rings (SSSR count). The van der Waals surface area contributed by atoms with Crippen LogP contribution < -0.4 is 11.1 Å². The molecule has 19 heavy (non-hydrogen) atoms. The van der Waals surface area contributed by atoms with Gasteiger partial charge in [-0.2, -0.15) is 0 Å². The first-order chi connectivity index (χ1) is 8.97. The van der Waals surface area contributed by atoms with E-state index in [9.17, 15) is 9.90 Å². The van der Waals surface area contributed by atoms with E-state index in [0.717, 1.165) is 57.3 Å². The number of rotatable bonds is 4. The highest BCUT2D eigenvalue weighted by Gasteiger charge is 2.39. The van der Waals surface area contributed by atoms with E-state index < -0.39 is 11.1 Å².